The van der Waals surface area contributed by atoms with Crippen molar-refractivity contribution in [2.75, 3.05) is 20.2 Å². The fourth-order valence-corrected chi connectivity index (χ4v) is 4.50. The number of likely N-dealkylation sites (tertiary alicyclic amines) is 1. The zero-order valence-corrected chi connectivity index (χ0v) is 18.4. The number of nitrogens with zero attached hydrogens (tertiary/aromatic N) is 2. The van der Waals surface area contributed by atoms with Gasteiger partial charge >= 0.3 is 0 Å². The van der Waals surface area contributed by atoms with Crippen LogP contribution in [0.1, 0.15) is 33.7 Å². The van der Waals surface area contributed by atoms with Gasteiger partial charge in [0.1, 0.15) is 22.7 Å². The van der Waals surface area contributed by atoms with Gasteiger partial charge in [0.2, 0.25) is 0 Å². The Labute approximate surface area is 187 Å². The highest BCUT2D eigenvalue weighted by molar-refractivity contribution is 9.10. The first-order valence-corrected chi connectivity index (χ1v) is 10.8. The Hall–Kier alpha value is -3.13. The summed E-state index contributed by atoms with van der Waals surface area (Å²) in [5.74, 6) is 0.892. The predicted octanol–water partition coefficient (Wildman–Crippen LogP) is 3.76. The van der Waals surface area contributed by atoms with Gasteiger partial charge in [-0.15, -0.1) is 0 Å². The van der Waals surface area contributed by atoms with Crippen LogP contribution in [0.4, 0.5) is 0 Å². The first-order valence-electron chi connectivity index (χ1n) is 10.0. The molecule has 5 rings (SSSR count). The van der Waals surface area contributed by atoms with Crippen molar-refractivity contribution in [2.24, 2.45) is 0 Å². The third kappa shape index (κ3) is 3.50. The average molecular weight is 482 g/mol. The minimum atomic E-state index is -0.797. The molecule has 7 nitrogen and oxygen atoms in total. The van der Waals surface area contributed by atoms with Crippen LogP contribution in [0.15, 0.2) is 53.0 Å². The number of carbonyl (C=O) groups excluding carboxylic acids is 2. The summed E-state index contributed by atoms with van der Waals surface area (Å²) in [5, 5.41) is 3.92. The van der Waals surface area contributed by atoms with E-state index < -0.39 is 5.72 Å². The molecule has 2 aliphatic heterocycles. The third-order valence-electron chi connectivity index (χ3n) is 5.81. The van der Waals surface area contributed by atoms with Crippen molar-refractivity contribution in [1.82, 2.24) is 15.2 Å². The van der Waals surface area contributed by atoms with Crippen molar-refractivity contribution < 1.29 is 19.1 Å². The number of hydrogen-bond donors (Lipinski definition) is 1. The molecular weight excluding hydrogens is 462 g/mol. The van der Waals surface area contributed by atoms with E-state index in [1.807, 2.05) is 30.3 Å². The number of piperidine rings is 1. The summed E-state index contributed by atoms with van der Waals surface area (Å²) < 4.78 is 12.4. The molecule has 2 aromatic carbocycles. The standard InChI is InChI=1S/C23H20BrN3O4/c1-30-19-4-2-3-14-5-7-17(25-20(14)19)22(29)27-11-9-23(10-12-27)26-21(28)16-13-15(24)6-8-18(16)31-23/h2-8,13H,9-12H2,1H3,(H,26,28). The van der Waals surface area contributed by atoms with Crippen molar-refractivity contribution in [2.45, 2.75) is 18.6 Å². The van der Waals surface area contributed by atoms with E-state index in [-0.39, 0.29) is 11.8 Å². The molecule has 1 aromatic heterocycles. The Balaban J connectivity index is 1.34. The molecule has 1 fully saturated rings. The number of halogens is 1. The summed E-state index contributed by atoms with van der Waals surface area (Å²) in [7, 11) is 1.59. The lowest BCUT2D eigenvalue weighted by Gasteiger charge is -2.44. The van der Waals surface area contributed by atoms with Gasteiger partial charge in [-0.3, -0.25) is 9.59 Å². The fourth-order valence-electron chi connectivity index (χ4n) is 4.14. The number of ether oxygens (including phenoxy) is 2. The van der Waals surface area contributed by atoms with Crippen molar-refractivity contribution >= 4 is 38.6 Å². The number of amides is 2. The lowest BCUT2D eigenvalue weighted by molar-refractivity contribution is -0.0246. The van der Waals surface area contributed by atoms with Gasteiger partial charge in [0, 0.05) is 35.8 Å². The largest absolute Gasteiger partial charge is 0.494 e. The molecule has 0 saturated carbocycles. The number of carbonyl (C=O) groups is 2. The van der Waals surface area contributed by atoms with E-state index in [9.17, 15) is 9.59 Å². The lowest BCUT2D eigenvalue weighted by atomic mass is 9.96. The second-order valence-electron chi connectivity index (χ2n) is 7.71. The Bertz CT molecular complexity index is 1200. The van der Waals surface area contributed by atoms with E-state index >= 15 is 0 Å². The molecule has 0 unspecified atom stereocenters. The monoisotopic (exact) mass is 481 g/mol. The molecule has 1 N–H and O–H groups in total. The van der Waals surface area contributed by atoms with Gasteiger partial charge in [-0.25, -0.2) is 4.98 Å². The highest BCUT2D eigenvalue weighted by Gasteiger charge is 2.43. The van der Waals surface area contributed by atoms with Crippen LogP contribution in [0.2, 0.25) is 0 Å². The van der Waals surface area contributed by atoms with E-state index in [1.54, 1.807) is 30.2 Å². The molecule has 0 aliphatic carbocycles. The van der Waals surface area contributed by atoms with Crippen molar-refractivity contribution in [3.8, 4) is 11.5 Å². The Kier molecular flexibility index (Phi) is 4.81. The summed E-state index contributed by atoms with van der Waals surface area (Å²) in [5.41, 5.74) is 0.744. The number of pyridine rings is 1. The highest BCUT2D eigenvalue weighted by Crippen LogP contribution is 2.35. The average Bonchev–Trinajstić information content (AvgIpc) is 2.79. The molecule has 2 amide bonds. The summed E-state index contributed by atoms with van der Waals surface area (Å²) in [4.78, 5) is 32.0. The maximum atomic E-state index is 13.1. The Morgan fingerprint density at radius 1 is 1.19 bits per heavy atom. The highest BCUT2D eigenvalue weighted by atomic mass is 79.9. The van der Waals surface area contributed by atoms with Crippen LogP contribution in [0.25, 0.3) is 10.9 Å². The summed E-state index contributed by atoms with van der Waals surface area (Å²) in [6, 6.07) is 14.7. The van der Waals surface area contributed by atoms with Crippen molar-refractivity contribution in [1.29, 1.82) is 0 Å². The number of benzene rings is 2. The van der Waals surface area contributed by atoms with Gasteiger partial charge in [0.05, 0.1) is 12.7 Å². The van der Waals surface area contributed by atoms with Crippen molar-refractivity contribution in [3.05, 3.63) is 64.3 Å². The zero-order chi connectivity index (χ0) is 21.6. The van der Waals surface area contributed by atoms with Gasteiger partial charge in [0.15, 0.2) is 5.72 Å². The van der Waals surface area contributed by atoms with Crippen LogP contribution >= 0.6 is 15.9 Å². The molecule has 0 atom stereocenters. The molecule has 3 aromatic rings. The van der Waals surface area contributed by atoms with Crippen LogP contribution in [-0.4, -0.2) is 47.6 Å². The Morgan fingerprint density at radius 3 is 2.77 bits per heavy atom. The molecule has 1 spiro atoms. The van der Waals surface area contributed by atoms with Crippen LogP contribution in [0, 0.1) is 0 Å². The molecular formula is C23H20BrN3O4. The maximum Gasteiger partial charge on any atom is 0.272 e. The van der Waals surface area contributed by atoms with E-state index in [0.717, 1.165) is 9.86 Å². The minimum Gasteiger partial charge on any atom is -0.494 e. The molecule has 8 heteroatoms. The number of nitrogens with one attached hydrogen (secondary N) is 1. The first-order chi connectivity index (χ1) is 15.0. The Morgan fingerprint density at radius 2 is 2.00 bits per heavy atom. The molecule has 158 valence electrons. The predicted molar refractivity (Wildman–Crippen MR) is 118 cm³/mol. The molecule has 3 heterocycles. The number of hydrogen-bond acceptors (Lipinski definition) is 5. The smallest absolute Gasteiger partial charge is 0.272 e. The fraction of sp³-hybridized carbons (Fsp3) is 0.261. The van der Waals surface area contributed by atoms with Gasteiger partial charge in [-0.05, 0) is 30.3 Å². The number of fused-ring (bicyclic) bond motifs is 2. The van der Waals surface area contributed by atoms with E-state index in [1.165, 1.54) is 0 Å². The third-order valence-corrected chi connectivity index (χ3v) is 6.31. The molecule has 1 saturated heterocycles. The van der Waals surface area contributed by atoms with Crippen LogP contribution in [0.3, 0.4) is 0 Å². The number of para-hydroxylation sites is 1. The molecule has 31 heavy (non-hydrogen) atoms. The number of rotatable bonds is 2. The maximum absolute atomic E-state index is 13.1. The molecule has 0 bridgehead atoms. The van der Waals surface area contributed by atoms with Gasteiger partial charge in [-0.2, -0.15) is 0 Å². The first kappa shape index (κ1) is 19.8. The van der Waals surface area contributed by atoms with Crippen molar-refractivity contribution in [3.63, 3.8) is 0 Å². The summed E-state index contributed by atoms with van der Waals surface area (Å²) >= 11 is 3.38. The lowest BCUT2D eigenvalue weighted by Crippen LogP contribution is -2.61. The normalized spacial score (nSPS) is 17.1. The van der Waals surface area contributed by atoms with Gasteiger partial charge in [0.25, 0.3) is 11.8 Å². The van der Waals surface area contributed by atoms with Crippen LogP contribution < -0.4 is 14.8 Å². The molecule has 2 aliphatic rings. The topological polar surface area (TPSA) is 80.8 Å². The second kappa shape index (κ2) is 7.53. The number of aromatic nitrogens is 1. The van der Waals surface area contributed by atoms with Gasteiger partial charge < -0.3 is 19.7 Å². The molecule has 0 radical (unpaired) electrons. The zero-order valence-electron chi connectivity index (χ0n) is 16.9. The van der Waals surface area contributed by atoms with Gasteiger partial charge in [-0.1, -0.05) is 34.1 Å². The quantitative estimate of drug-likeness (QED) is 0.602. The van der Waals surface area contributed by atoms with E-state index in [4.69, 9.17) is 9.47 Å². The van der Waals surface area contributed by atoms with E-state index in [0.29, 0.717) is 54.2 Å². The minimum absolute atomic E-state index is 0.144. The van der Waals surface area contributed by atoms with Crippen LogP contribution in [-0.2, 0) is 0 Å². The van der Waals surface area contributed by atoms with Crippen LogP contribution in [0.5, 0.6) is 11.5 Å². The number of methoxy groups -OCH3 is 1. The summed E-state index contributed by atoms with van der Waals surface area (Å²) in [6.07, 6.45) is 0.994. The second-order valence-corrected chi connectivity index (χ2v) is 8.63. The SMILES string of the molecule is COc1cccc2ccc(C(=O)N3CCC4(CC3)NC(=O)c3cc(Br)ccc3O4)nc12. The van der Waals surface area contributed by atoms with E-state index in [2.05, 4.69) is 26.2 Å². The summed E-state index contributed by atoms with van der Waals surface area (Å²) in [6.45, 7) is 0.910.